The molecule has 36 heavy (non-hydrogen) atoms. The summed E-state index contributed by atoms with van der Waals surface area (Å²) in [4.78, 5) is 43.1. The molecule has 9 heteroatoms. The van der Waals surface area contributed by atoms with Gasteiger partial charge in [0.25, 0.3) is 0 Å². The van der Waals surface area contributed by atoms with Gasteiger partial charge < -0.3 is 28.9 Å². The number of benzene rings is 2. The van der Waals surface area contributed by atoms with Gasteiger partial charge in [0.1, 0.15) is 18.8 Å². The SMILES string of the molecule is CC(C)(C)OC(=O)N1CCN(C(=O)OCc2ccccc2)CCN(C(=O)OCc2ccccc2)CC1. The van der Waals surface area contributed by atoms with Crippen molar-refractivity contribution < 1.29 is 28.6 Å². The lowest BCUT2D eigenvalue weighted by Crippen LogP contribution is -2.44. The van der Waals surface area contributed by atoms with Crippen molar-refractivity contribution in [2.45, 2.75) is 39.6 Å². The largest absolute Gasteiger partial charge is 0.445 e. The quantitative estimate of drug-likeness (QED) is 0.578. The summed E-state index contributed by atoms with van der Waals surface area (Å²) in [6.07, 6.45) is -1.52. The third kappa shape index (κ3) is 8.79. The Morgan fingerprint density at radius 3 is 1.28 bits per heavy atom. The molecule has 1 aliphatic heterocycles. The van der Waals surface area contributed by atoms with Gasteiger partial charge >= 0.3 is 18.3 Å². The molecule has 3 amide bonds. The molecule has 1 aliphatic rings. The Kier molecular flexibility index (Phi) is 9.55. The lowest BCUT2D eigenvalue weighted by molar-refractivity contribution is 0.0222. The molecule has 3 rings (SSSR count). The highest BCUT2D eigenvalue weighted by Gasteiger charge is 2.28. The minimum atomic E-state index is -0.669. The van der Waals surface area contributed by atoms with Crippen molar-refractivity contribution in [1.29, 1.82) is 0 Å². The molecule has 0 aromatic heterocycles. The van der Waals surface area contributed by atoms with Crippen LogP contribution < -0.4 is 0 Å². The van der Waals surface area contributed by atoms with Crippen LogP contribution in [0.25, 0.3) is 0 Å². The molecule has 2 aromatic carbocycles. The molecule has 2 aromatic rings. The van der Waals surface area contributed by atoms with Crippen LogP contribution in [-0.4, -0.2) is 77.8 Å². The highest BCUT2D eigenvalue weighted by atomic mass is 16.6. The summed E-state index contributed by atoms with van der Waals surface area (Å²) in [6.45, 7) is 7.14. The first-order chi connectivity index (χ1) is 17.2. The number of hydrogen-bond donors (Lipinski definition) is 0. The maximum atomic E-state index is 12.9. The monoisotopic (exact) mass is 497 g/mol. The second kappa shape index (κ2) is 12.8. The highest BCUT2D eigenvalue weighted by Crippen LogP contribution is 2.13. The van der Waals surface area contributed by atoms with Gasteiger partial charge in [-0.2, -0.15) is 0 Å². The fourth-order valence-corrected chi connectivity index (χ4v) is 3.56. The van der Waals surface area contributed by atoms with E-state index in [-0.39, 0.29) is 52.5 Å². The van der Waals surface area contributed by atoms with Gasteiger partial charge in [-0.3, -0.25) is 0 Å². The number of rotatable bonds is 4. The molecule has 1 fully saturated rings. The summed E-state index contributed by atoms with van der Waals surface area (Å²) < 4.78 is 16.5. The molecular weight excluding hydrogens is 462 g/mol. The predicted molar refractivity (Wildman–Crippen MR) is 134 cm³/mol. The zero-order valence-electron chi connectivity index (χ0n) is 21.2. The number of nitrogens with zero attached hydrogens (tertiary/aromatic N) is 3. The van der Waals surface area contributed by atoms with E-state index in [1.54, 1.807) is 20.8 Å². The predicted octanol–water partition coefficient (Wildman–Crippen LogP) is 4.51. The van der Waals surface area contributed by atoms with Crippen LogP contribution in [0.1, 0.15) is 31.9 Å². The average molecular weight is 498 g/mol. The van der Waals surface area contributed by atoms with Crippen LogP contribution in [0.2, 0.25) is 0 Å². The van der Waals surface area contributed by atoms with Crippen molar-refractivity contribution in [2.24, 2.45) is 0 Å². The second-order valence-corrected chi connectivity index (χ2v) is 9.52. The molecule has 0 atom stereocenters. The Hall–Kier alpha value is -3.75. The molecule has 0 spiro atoms. The van der Waals surface area contributed by atoms with Crippen molar-refractivity contribution in [3.05, 3.63) is 71.8 Å². The van der Waals surface area contributed by atoms with Crippen molar-refractivity contribution in [3.8, 4) is 0 Å². The standard InChI is InChI=1S/C27H35N3O6/c1-27(2,3)36-26(33)30-18-16-28(24(31)34-20-22-10-6-4-7-11-22)14-15-29(17-19-30)25(32)35-21-23-12-8-5-9-13-23/h4-13H,14-21H2,1-3H3. The summed E-state index contributed by atoms with van der Waals surface area (Å²) in [5, 5.41) is 0. The molecular formula is C27H35N3O6. The van der Waals surface area contributed by atoms with Gasteiger partial charge in [0.2, 0.25) is 0 Å². The zero-order valence-corrected chi connectivity index (χ0v) is 21.2. The molecule has 0 N–H and O–H groups in total. The van der Waals surface area contributed by atoms with E-state index in [9.17, 15) is 14.4 Å². The van der Waals surface area contributed by atoms with E-state index >= 15 is 0 Å². The van der Waals surface area contributed by atoms with Crippen molar-refractivity contribution >= 4 is 18.3 Å². The van der Waals surface area contributed by atoms with E-state index in [4.69, 9.17) is 14.2 Å². The summed E-state index contributed by atoms with van der Waals surface area (Å²) in [5.41, 5.74) is 1.08. The third-order valence-electron chi connectivity index (χ3n) is 5.50. The van der Waals surface area contributed by atoms with Crippen LogP contribution in [0.4, 0.5) is 14.4 Å². The number of amides is 3. The Morgan fingerprint density at radius 2 is 0.944 bits per heavy atom. The van der Waals surface area contributed by atoms with Gasteiger partial charge in [0, 0.05) is 39.3 Å². The number of ether oxygens (including phenoxy) is 3. The van der Waals surface area contributed by atoms with Gasteiger partial charge in [-0.1, -0.05) is 60.7 Å². The Labute approximate surface area is 212 Å². The van der Waals surface area contributed by atoms with Crippen LogP contribution in [0, 0.1) is 0 Å². The molecule has 0 saturated carbocycles. The van der Waals surface area contributed by atoms with E-state index in [1.807, 2.05) is 60.7 Å². The highest BCUT2D eigenvalue weighted by molar-refractivity contribution is 5.70. The lowest BCUT2D eigenvalue weighted by Gasteiger charge is -2.28. The molecule has 0 unspecified atom stereocenters. The zero-order chi connectivity index (χ0) is 26.0. The van der Waals surface area contributed by atoms with E-state index in [1.165, 1.54) is 14.7 Å². The normalized spacial score (nSPS) is 14.8. The van der Waals surface area contributed by atoms with Crippen LogP contribution >= 0.6 is 0 Å². The number of carbonyl (C=O) groups is 3. The topological polar surface area (TPSA) is 88.6 Å². The smallest absolute Gasteiger partial charge is 0.410 e. The van der Waals surface area contributed by atoms with Crippen LogP contribution in [-0.2, 0) is 27.4 Å². The fraction of sp³-hybridized carbons (Fsp3) is 0.444. The van der Waals surface area contributed by atoms with E-state index in [0.29, 0.717) is 0 Å². The maximum Gasteiger partial charge on any atom is 0.410 e. The Bertz CT molecular complexity index is 926. The van der Waals surface area contributed by atoms with Crippen molar-refractivity contribution in [3.63, 3.8) is 0 Å². The van der Waals surface area contributed by atoms with Crippen LogP contribution in [0.5, 0.6) is 0 Å². The number of carbonyl (C=O) groups excluding carboxylic acids is 3. The van der Waals surface area contributed by atoms with Gasteiger partial charge in [-0.25, -0.2) is 14.4 Å². The summed E-state index contributed by atoms with van der Waals surface area (Å²) >= 11 is 0. The van der Waals surface area contributed by atoms with E-state index < -0.39 is 23.9 Å². The van der Waals surface area contributed by atoms with Gasteiger partial charge in [-0.05, 0) is 31.9 Å². The van der Waals surface area contributed by atoms with E-state index in [0.717, 1.165) is 11.1 Å². The summed E-state index contributed by atoms with van der Waals surface area (Å²) in [5.74, 6) is 0. The average Bonchev–Trinajstić information content (AvgIpc) is 2.97. The molecule has 1 saturated heterocycles. The molecule has 9 nitrogen and oxygen atoms in total. The number of hydrogen-bond acceptors (Lipinski definition) is 6. The first-order valence-corrected chi connectivity index (χ1v) is 12.1. The minimum absolute atomic E-state index is 0.134. The third-order valence-corrected chi connectivity index (χ3v) is 5.50. The molecule has 1 heterocycles. The first-order valence-electron chi connectivity index (χ1n) is 12.1. The minimum Gasteiger partial charge on any atom is -0.445 e. The van der Waals surface area contributed by atoms with Crippen LogP contribution in [0.15, 0.2) is 60.7 Å². The Balaban J connectivity index is 1.67. The van der Waals surface area contributed by atoms with Gasteiger partial charge in [-0.15, -0.1) is 0 Å². The summed E-state index contributed by atoms with van der Waals surface area (Å²) in [6, 6.07) is 18.8. The molecule has 0 aliphatic carbocycles. The maximum absolute atomic E-state index is 12.9. The lowest BCUT2D eigenvalue weighted by atomic mass is 10.2. The summed E-state index contributed by atoms with van der Waals surface area (Å²) in [7, 11) is 0. The first kappa shape index (κ1) is 26.8. The van der Waals surface area contributed by atoms with Gasteiger partial charge in [0.05, 0.1) is 0 Å². The molecule has 0 bridgehead atoms. The molecule has 194 valence electrons. The fourth-order valence-electron chi connectivity index (χ4n) is 3.56. The second-order valence-electron chi connectivity index (χ2n) is 9.52. The van der Waals surface area contributed by atoms with Crippen LogP contribution in [0.3, 0.4) is 0 Å². The Morgan fingerprint density at radius 1 is 0.611 bits per heavy atom. The van der Waals surface area contributed by atoms with Crippen molar-refractivity contribution in [2.75, 3.05) is 39.3 Å². The molecule has 0 radical (unpaired) electrons. The van der Waals surface area contributed by atoms with Gasteiger partial charge in [0.15, 0.2) is 0 Å². The van der Waals surface area contributed by atoms with Crippen molar-refractivity contribution in [1.82, 2.24) is 14.7 Å². The van der Waals surface area contributed by atoms with E-state index in [2.05, 4.69) is 0 Å².